The van der Waals surface area contributed by atoms with Gasteiger partial charge in [-0.15, -0.1) is 0 Å². The zero-order valence-electron chi connectivity index (χ0n) is 16.3. The van der Waals surface area contributed by atoms with E-state index in [1.807, 2.05) is 26.0 Å². The zero-order valence-corrected chi connectivity index (χ0v) is 16.3. The van der Waals surface area contributed by atoms with Crippen molar-refractivity contribution >= 4 is 23.6 Å². The second-order valence-corrected chi connectivity index (χ2v) is 7.55. The summed E-state index contributed by atoms with van der Waals surface area (Å²) in [4.78, 5) is 51.3. The Morgan fingerprint density at radius 1 is 1.25 bits per heavy atom. The summed E-state index contributed by atoms with van der Waals surface area (Å²) in [6.45, 7) is 4.45. The second kappa shape index (κ2) is 8.83. The summed E-state index contributed by atoms with van der Waals surface area (Å²) in [5.74, 6) is -3.19. The number of carbonyl (C=O) groups excluding carboxylic acids is 4. The minimum atomic E-state index is -1.09. The lowest BCUT2D eigenvalue weighted by Crippen LogP contribution is -2.47. The van der Waals surface area contributed by atoms with E-state index < -0.39 is 36.2 Å². The molecule has 0 aromatic heterocycles. The number of ether oxygens (including phenoxy) is 1. The number of nitriles is 1. The fraction of sp³-hybridized carbons (Fsp3) is 0.550. The maximum atomic E-state index is 12.8. The number of likely N-dealkylation sites (tertiary alicyclic amines) is 1. The number of esters is 1. The van der Waals surface area contributed by atoms with Gasteiger partial charge < -0.3 is 10.5 Å². The van der Waals surface area contributed by atoms with Crippen LogP contribution in [0.15, 0.2) is 23.4 Å². The minimum Gasteiger partial charge on any atom is -0.456 e. The van der Waals surface area contributed by atoms with Crippen LogP contribution in [0.1, 0.15) is 40.0 Å². The van der Waals surface area contributed by atoms with Gasteiger partial charge in [0.15, 0.2) is 6.61 Å². The highest BCUT2D eigenvalue weighted by molar-refractivity contribution is 6.08. The summed E-state index contributed by atoms with van der Waals surface area (Å²) in [6, 6.07) is 0.587. The normalized spacial score (nSPS) is 23.2. The monoisotopic (exact) mass is 387 g/mol. The van der Waals surface area contributed by atoms with E-state index in [2.05, 4.69) is 0 Å². The SMILES string of the molecule is C/C(N)=C(/C#N)C(=O)COC(=O)C(CC(C)C)N1C(=O)C2CC=CCC2C1=O. The van der Waals surface area contributed by atoms with Crippen LogP contribution in [-0.4, -0.2) is 41.1 Å². The van der Waals surface area contributed by atoms with Crippen molar-refractivity contribution in [2.45, 2.75) is 46.1 Å². The van der Waals surface area contributed by atoms with Gasteiger partial charge in [0, 0.05) is 5.70 Å². The van der Waals surface area contributed by atoms with E-state index in [-0.39, 0.29) is 35.4 Å². The molecule has 28 heavy (non-hydrogen) atoms. The van der Waals surface area contributed by atoms with Crippen molar-refractivity contribution in [3.8, 4) is 6.07 Å². The van der Waals surface area contributed by atoms with Gasteiger partial charge in [0.05, 0.1) is 11.8 Å². The van der Waals surface area contributed by atoms with Crippen molar-refractivity contribution in [2.24, 2.45) is 23.5 Å². The molecular formula is C20H25N3O5. The highest BCUT2D eigenvalue weighted by atomic mass is 16.5. The molecule has 1 saturated heterocycles. The third-order valence-electron chi connectivity index (χ3n) is 4.95. The summed E-state index contributed by atoms with van der Waals surface area (Å²) < 4.78 is 5.07. The number of fused-ring (bicyclic) bond motifs is 1. The van der Waals surface area contributed by atoms with Gasteiger partial charge in [-0.25, -0.2) is 4.79 Å². The molecule has 0 bridgehead atoms. The predicted molar refractivity (Wildman–Crippen MR) is 98.9 cm³/mol. The van der Waals surface area contributed by atoms with Crippen molar-refractivity contribution in [1.29, 1.82) is 5.26 Å². The molecule has 0 aromatic rings. The first-order valence-corrected chi connectivity index (χ1v) is 9.27. The molecule has 3 unspecified atom stereocenters. The van der Waals surface area contributed by atoms with Gasteiger partial charge in [0.2, 0.25) is 17.6 Å². The van der Waals surface area contributed by atoms with Crippen LogP contribution in [0.4, 0.5) is 0 Å². The fourth-order valence-corrected chi connectivity index (χ4v) is 3.56. The lowest BCUT2D eigenvalue weighted by molar-refractivity contribution is -0.160. The number of nitrogens with two attached hydrogens (primary N) is 1. The van der Waals surface area contributed by atoms with Crippen LogP contribution in [0.3, 0.4) is 0 Å². The quantitative estimate of drug-likeness (QED) is 0.228. The zero-order chi connectivity index (χ0) is 21.0. The summed E-state index contributed by atoms with van der Waals surface area (Å²) in [5, 5.41) is 8.97. The topological polar surface area (TPSA) is 131 Å². The standard InChI is InChI=1S/C20H25N3O5/c1-11(2)8-16(20(27)28-10-17(24)15(9-21)12(3)22)23-18(25)13-6-4-5-7-14(13)19(23)26/h4-5,11,13-14,16H,6-8,10,22H2,1-3H3/b15-12+. The highest BCUT2D eigenvalue weighted by Gasteiger charge is 2.51. The van der Waals surface area contributed by atoms with Gasteiger partial charge in [0.25, 0.3) is 0 Å². The van der Waals surface area contributed by atoms with E-state index in [0.717, 1.165) is 4.90 Å². The predicted octanol–water partition coefficient (Wildman–Crippen LogP) is 1.22. The van der Waals surface area contributed by atoms with Crippen molar-refractivity contribution in [3.63, 3.8) is 0 Å². The molecule has 0 aromatic carbocycles. The summed E-state index contributed by atoms with van der Waals surface area (Å²) >= 11 is 0. The summed E-state index contributed by atoms with van der Waals surface area (Å²) in [5.41, 5.74) is 5.23. The third kappa shape index (κ3) is 4.30. The van der Waals surface area contributed by atoms with Gasteiger partial charge in [-0.1, -0.05) is 26.0 Å². The molecule has 2 N–H and O–H groups in total. The molecule has 2 rings (SSSR count). The smallest absolute Gasteiger partial charge is 0.329 e. The number of amides is 2. The number of imide groups is 1. The molecule has 0 radical (unpaired) electrons. The van der Waals surface area contributed by atoms with E-state index in [4.69, 9.17) is 15.7 Å². The molecule has 8 nitrogen and oxygen atoms in total. The first-order valence-electron chi connectivity index (χ1n) is 9.27. The molecule has 2 aliphatic rings. The second-order valence-electron chi connectivity index (χ2n) is 7.55. The van der Waals surface area contributed by atoms with Gasteiger partial charge in [-0.3, -0.25) is 19.3 Å². The molecule has 0 spiro atoms. The van der Waals surface area contributed by atoms with Crippen molar-refractivity contribution in [1.82, 2.24) is 4.90 Å². The lowest BCUT2D eigenvalue weighted by Gasteiger charge is -2.26. The first kappa shape index (κ1) is 21.4. The van der Waals surface area contributed by atoms with Crippen molar-refractivity contribution < 1.29 is 23.9 Å². The number of hydrogen-bond acceptors (Lipinski definition) is 7. The average molecular weight is 387 g/mol. The maximum absolute atomic E-state index is 12.8. The lowest BCUT2D eigenvalue weighted by atomic mass is 9.85. The maximum Gasteiger partial charge on any atom is 0.329 e. The molecule has 3 atom stereocenters. The van der Waals surface area contributed by atoms with E-state index >= 15 is 0 Å². The first-order chi connectivity index (χ1) is 13.2. The van der Waals surface area contributed by atoms with Crippen molar-refractivity contribution in [3.05, 3.63) is 23.4 Å². The van der Waals surface area contributed by atoms with Crippen LogP contribution in [-0.2, 0) is 23.9 Å². The van der Waals surface area contributed by atoms with Gasteiger partial charge >= 0.3 is 5.97 Å². The number of Topliss-reactive ketones (excluding diaryl/α,β-unsaturated/α-hetero) is 1. The van der Waals surface area contributed by atoms with Crippen LogP contribution in [0.2, 0.25) is 0 Å². The number of allylic oxidation sites excluding steroid dienone is 3. The Morgan fingerprint density at radius 3 is 2.21 bits per heavy atom. The largest absolute Gasteiger partial charge is 0.456 e. The van der Waals surface area contributed by atoms with Gasteiger partial charge in [-0.2, -0.15) is 5.26 Å². The summed E-state index contributed by atoms with van der Waals surface area (Å²) in [7, 11) is 0. The molecule has 2 amide bonds. The Kier molecular flexibility index (Phi) is 6.73. The van der Waals surface area contributed by atoms with Crippen molar-refractivity contribution in [2.75, 3.05) is 6.61 Å². The number of carbonyl (C=O) groups is 4. The molecule has 1 aliphatic heterocycles. The molecule has 8 heteroatoms. The Balaban J connectivity index is 2.17. The number of ketones is 1. The van der Waals surface area contributed by atoms with Gasteiger partial charge in [0.1, 0.15) is 17.7 Å². The third-order valence-corrected chi connectivity index (χ3v) is 4.95. The fourth-order valence-electron chi connectivity index (χ4n) is 3.56. The highest BCUT2D eigenvalue weighted by Crippen LogP contribution is 2.37. The Hall–Kier alpha value is -2.95. The molecular weight excluding hydrogens is 362 g/mol. The van der Waals surface area contributed by atoms with Gasteiger partial charge in [-0.05, 0) is 32.1 Å². The van der Waals surface area contributed by atoms with Crippen LogP contribution < -0.4 is 5.73 Å². The minimum absolute atomic E-state index is 0.00968. The Morgan fingerprint density at radius 2 is 1.79 bits per heavy atom. The van der Waals surface area contributed by atoms with Crippen LogP contribution in [0, 0.1) is 29.1 Å². The van der Waals surface area contributed by atoms with Crippen LogP contribution >= 0.6 is 0 Å². The van der Waals surface area contributed by atoms with E-state index in [1.165, 1.54) is 6.92 Å². The molecule has 1 heterocycles. The molecule has 0 saturated carbocycles. The average Bonchev–Trinajstić information content (AvgIpc) is 2.89. The van der Waals surface area contributed by atoms with E-state index in [0.29, 0.717) is 12.8 Å². The number of nitrogens with zero attached hydrogens (tertiary/aromatic N) is 2. The molecule has 1 fully saturated rings. The van der Waals surface area contributed by atoms with E-state index in [9.17, 15) is 19.2 Å². The van der Waals surface area contributed by atoms with Crippen LogP contribution in [0.5, 0.6) is 0 Å². The molecule has 1 aliphatic carbocycles. The number of hydrogen-bond donors (Lipinski definition) is 1. The molecule has 150 valence electrons. The summed E-state index contributed by atoms with van der Waals surface area (Å²) in [6.07, 6.45) is 4.91. The van der Waals surface area contributed by atoms with E-state index in [1.54, 1.807) is 6.07 Å². The Labute approximate surface area is 164 Å². The Bertz CT molecular complexity index is 760. The number of rotatable bonds is 7. The van der Waals surface area contributed by atoms with Crippen LogP contribution in [0.25, 0.3) is 0 Å².